The van der Waals surface area contributed by atoms with E-state index < -0.39 is 0 Å². The quantitative estimate of drug-likeness (QED) is 0.0663. The minimum absolute atomic E-state index is 0.0424. The average molecular weight is 803 g/mol. The van der Waals surface area contributed by atoms with Crippen molar-refractivity contribution in [2.45, 2.75) is 194 Å². The Morgan fingerprint density at radius 2 is 0.617 bits per heavy atom. The predicted molar refractivity (Wildman–Crippen MR) is 257 cm³/mol. The molecule has 6 rings (SSSR count). The highest BCUT2D eigenvalue weighted by Gasteiger charge is 2.43. The monoisotopic (exact) mass is 803 g/mol. The zero-order valence-electron chi connectivity index (χ0n) is 38.7. The molecule has 0 heterocycles. The fourth-order valence-electron chi connectivity index (χ4n) is 10.7. The highest BCUT2D eigenvalue weighted by Crippen LogP contribution is 2.55. The lowest BCUT2D eigenvalue weighted by Crippen LogP contribution is -2.26. The van der Waals surface area contributed by atoms with Gasteiger partial charge in [-0.3, -0.25) is 0 Å². The molecule has 60 heavy (non-hydrogen) atoms. The largest absolute Gasteiger partial charge is 0.198 e. The second-order valence-corrected chi connectivity index (χ2v) is 19.8. The lowest BCUT2D eigenvalue weighted by Gasteiger charge is -2.33. The van der Waals surface area contributed by atoms with Crippen molar-refractivity contribution in [1.29, 1.82) is 10.5 Å². The molecule has 2 aliphatic carbocycles. The first kappa shape index (κ1) is 46.9. The number of rotatable bonds is 24. The highest BCUT2D eigenvalue weighted by atomic mass is 14.5. The summed E-state index contributed by atoms with van der Waals surface area (Å²) in [4.78, 5) is 0. The minimum atomic E-state index is -0.248. The molecular weight excluding hydrogens is 725 g/mol. The van der Waals surface area contributed by atoms with E-state index in [4.69, 9.17) is 0 Å². The third-order valence-electron chi connectivity index (χ3n) is 14.2. The zero-order valence-corrected chi connectivity index (χ0v) is 38.7. The van der Waals surface area contributed by atoms with Gasteiger partial charge in [0.05, 0.1) is 23.0 Å². The summed E-state index contributed by atoms with van der Waals surface area (Å²) in [7, 11) is 0. The molecule has 0 aromatic heterocycles. The summed E-state index contributed by atoms with van der Waals surface area (Å²) in [5.41, 5.74) is 11.7. The number of unbranched alkanes of at least 4 members (excludes halogenated alkanes) is 12. The van der Waals surface area contributed by atoms with Crippen LogP contribution in [0, 0.1) is 33.5 Å². The summed E-state index contributed by atoms with van der Waals surface area (Å²) in [5.74, 6) is 0. The first-order valence-corrected chi connectivity index (χ1v) is 24.3. The maximum absolute atomic E-state index is 9.37. The third-order valence-corrected chi connectivity index (χ3v) is 14.2. The van der Waals surface area contributed by atoms with Gasteiger partial charge in [-0.1, -0.05) is 214 Å². The van der Waals surface area contributed by atoms with Crippen molar-refractivity contribution in [1.82, 2.24) is 0 Å². The second-order valence-electron chi connectivity index (χ2n) is 19.8. The molecular formula is C58H78N2. The van der Waals surface area contributed by atoms with E-state index in [2.05, 4.69) is 123 Å². The number of nitriles is 2. The Labute approximate surface area is 367 Å². The molecule has 0 spiro atoms. The van der Waals surface area contributed by atoms with Crippen LogP contribution in [0.1, 0.15) is 205 Å². The van der Waals surface area contributed by atoms with E-state index in [0.29, 0.717) is 0 Å². The van der Waals surface area contributed by atoms with Crippen molar-refractivity contribution >= 4 is 0 Å². The highest BCUT2D eigenvalue weighted by molar-refractivity contribution is 5.82. The molecule has 0 aliphatic heterocycles. The van der Waals surface area contributed by atoms with Crippen LogP contribution >= 0.6 is 0 Å². The van der Waals surface area contributed by atoms with E-state index in [1.165, 1.54) is 123 Å². The summed E-state index contributed by atoms with van der Waals surface area (Å²) >= 11 is 0. The van der Waals surface area contributed by atoms with Gasteiger partial charge in [-0.2, -0.15) is 10.5 Å². The molecule has 2 nitrogen and oxygen atoms in total. The smallest absolute Gasteiger partial charge is 0.0683 e. The maximum Gasteiger partial charge on any atom is 0.0683 e. The van der Waals surface area contributed by atoms with E-state index in [0.717, 1.165) is 51.4 Å². The Hall–Kier alpha value is -4.14. The molecule has 0 saturated carbocycles. The number of fused-ring (bicyclic) bond motifs is 6. The normalized spacial score (nSPS) is 14.2. The topological polar surface area (TPSA) is 47.6 Å². The van der Waals surface area contributed by atoms with Gasteiger partial charge >= 0.3 is 0 Å². The Balaban J connectivity index is 0.000000228. The van der Waals surface area contributed by atoms with E-state index in [-0.39, 0.29) is 21.7 Å². The number of hydrogen-bond acceptors (Lipinski definition) is 2. The van der Waals surface area contributed by atoms with Gasteiger partial charge in [0.25, 0.3) is 0 Å². The first-order valence-electron chi connectivity index (χ1n) is 24.3. The molecule has 0 bridgehead atoms. The minimum Gasteiger partial charge on any atom is -0.198 e. The Morgan fingerprint density at radius 1 is 0.367 bits per heavy atom. The number of hydrogen-bond donors (Lipinski definition) is 0. The van der Waals surface area contributed by atoms with E-state index in [9.17, 15) is 10.5 Å². The molecule has 0 saturated heterocycles. The second kappa shape index (κ2) is 22.6. The van der Waals surface area contributed by atoms with E-state index >= 15 is 0 Å². The van der Waals surface area contributed by atoms with Crippen molar-refractivity contribution in [3.8, 4) is 34.4 Å². The Kier molecular flexibility index (Phi) is 17.7. The molecule has 4 aromatic rings. The van der Waals surface area contributed by atoms with Crippen LogP contribution in [0.15, 0.2) is 97.1 Å². The summed E-state index contributed by atoms with van der Waals surface area (Å²) in [5, 5.41) is 18.7. The molecule has 0 unspecified atom stereocenters. The van der Waals surface area contributed by atoms with Crippen LogP contribution < -0.4 is 0 Å². The molecule has 0 N–H and O–H groups in total. The molecule has 2 aliphatic rings. The molecule has 0 fully saturated rings. The summed E-state index contributed by atoms with van der Waals surface area (Å²) in [6, 6.07) is 41.3. The molecule has 2 heteroatoms. The van der Waals surface area contributed by atoms with Gasteiger partial charge in [0.1, 0.15) is 0 Å². The molecule has 0 amide bonds. The van der Waals surface area contributed by atoms with E-state index in [1.807, 2.05) is 27.7 Å². The summed E-state index contributed by atoms with van der Waals surface area (Å²) in [6.45, 7) is 12.8. The van der Waals surface area contributed by atoms with Gasteiger partial charge in [-0.15, -0.1) is 0 Å². The number of nitrogens with zero attached hydrogens (tertiary/aromatic N) is 2. The van der Waals surface area contributed by atoms with Gasteiger partial charge < -0.3 is 0 Å². The van der Waals surface area contributed by atoms with Crippen molar-refractivity contribution in [2.24, 2.45) is 10.8 Å². The van der Waals surface area contributed by atoms with Crippen LogP contribution in [0.25, 0.3) is 22.3 Å². The SMILES string of the molecule is CC(C)(C#N)CCCCC1(CCCCC(C)(C)C#N)c2ccccc2-c2ccccc21.CCCCCCCCC1(CCCCCCCC)c2ccccc2-c2ccccc21. The van der Waals surface area contributed by atoms with Crippen molar-refractivity contribution in [3.05, 3.63) is 119 Å². The van der Waals surface area contributed by atoms with Crippen molar-refractivity contribution in [3.63, 3.8) is 0 Å². The molecule has 0 radical (unpaired) electrons. The van der Waals surface area contributed by atoms with Crippen LogP contribution in [0.2, 0.25) is 0 Å². The maximum atomic E-state index is 9.37. The lowest BCUT2D eigenvalue weighted by atomic mass is 9.70. The summed E-state index contributed by atoms with van der Waals surface area (Å²) < 4.78 is 0. The molecule has 4 aromatic carbocycles. The average Bonchev–Trinajstić information content (AvgIpc) is 3.71. The number of benzene rings is 4. The van der Waals surface area contributed by atoms with Crippen LogP contribution in [0.4, 0.5) is 0 Å². The van der Waals surface area contributed by atoms with Gasteiger partial charge in [0, 0.05) is 10.8 Å². The van der Waals surface area contributed by atoms with Gasteiger partial charge in [0.15, 0.2) is 0 Å². The van der Waals surface area contributed by atoms with E-state index in [1.54, 1.807) is 11.1 Å². The molecule has 0 atom stereocenters. The van der Waals surface area contributed by atoms with Crippen molar-refractivity contribution < 1.29 is 0 Å². The van der Waals surface area contributed by atoms with Gasteiger partial charge in [-0.25, -0.2) is 0 Å². The summed E-state index contributed by atoms with van der Waals surface area (Å²) in [6.07, 6.45) is 27.8. The zero-order chi connectivity index (χ0) is 42.9. The Morgan fingerprint density at radius 3 is 0.900 bits per heavy atom. The first-order chi connectivity index (χ1) is 29.1. The van der Waals surface area contributed by atoms with Crippen LogP contribution in [-0.4, -0.2) is 0 Å². The van der Waals surface area contributed by atoms with Crippen LogP contribution in [0.3, 0.4) is 0 Å². The predicted octanol–water partition coefficient (Wildman–Crippen LogP) is 17.6. The van der Waals surface area contributed by atoms with Crippen molar-refractivity contribution in [2.75, 3.05) is 0 Å². The van der Waals surface area contributed by atoms with Crippen LogP contribution in [-0.2, 0) is 10.8 Å². The lowest BCUT2D eigenvalue weighted by molar-refractivity contribution is 0.358. The fraction of sp³-hybridized carbons (Fsp3) is 0.552. The van der Waals surface area contributed by atoms with Gasteiger partial charge in [-0.05, 0) is 111 Å². The Bertz CT molecular complexity index is 1850. The van der Waals surface area contributed by atoms with Gasteiger partial charge in [0.2, 0.25) is 0 Å². The standard InChI is InChI=1S/C29H36N2.C29H42/c1-27(2,21-30)17-9-11-19-29(20-12-10-18-28(3,4)22-31)25-15-7-5-13-23(25)24-14-6-8-16-26(24)29;1-3-5-7-9-11-17-23-29(24-18-12-10-8-6-4-2)27-21-15-13-19-25(27)26-20-14-16-22-28(26)29/h5-8,13-16H,9-12,17-20H2,1-4H3;13-16,19-22H,3-12,17-18,23-24H2,1-2H3. The third kappa shape index (κ3) is 11.6. The van der Waals surface area contributed by atoms with Crippen LogP contribution in [0.5, 0.6) is 0 Å². The molecule has 320 valence electrons. The fourth-order valence-corrected chi connectivity index (χ4v) is 10.7.